The average molecular weight is 311 g/mol. The summed E-state index contributed by atoms with van der Waals surface area (Å²) in [6, 6.07) is 0. The highest BCUT2D eigenvalue weighted by Crippen LogP contribution is 2.18. The van der Waals surface area contributed by atoms with Crippen LogP contribution in [0.25, 0.3) is 0 Å². The zero-order chi connectivity index (χ0) is 15.6. The molecule has 0 bridgehead atoms. The maximum absolute atomic E-state index is 12.2. The number of nitrogens with two attached hydrogens (primary N) is 1. The maximum Gasteiger partial charge on any atom is 0.277 e. The molecule has 2 aromatic rings. The molecule has 0 fully saturated rings. The predicted molar refractivity (Wildman–Crippen MR) is 77.3 cm³/mol. The first-order chi connectivity index (χ1) is 9.96. The van der Waals surface area contributed by atoms with Crippen molar-refractivity contribution in [2.45, 2.75) is 26.9 Å². The second kappa shape index (κ2) is 5.96. The van der Waals surface area contributed by atoms with Crippen LogP contribution in [0.4, 0.5) is 5.69 Å². The Hall–Kier alpha value is -2.35. The average Bonchev–Trinajstić information content (AvgIpc) is 3.02. The van der Waals surface area contributed by atoms with Crippen LogP contribution in [-0.2, 0) is 13.1 Å². The van der Waals surface area contributed by atoms with E-state index in [1.807, 2.05) is 13.8 Å². The first-order valence-corrected chi connectivity index (χ1v) is 6.75. The molecule has 3 N–H and O–H groups in total. The number of primary amides is 1. The molecule has 2 rings (SSSR count). The molecule has 2 heterocycles. The van der Waals surface area contributed by atoms with Crippen LogP contribution in [-0.4, -0.2) is 31.4 Å². The molecule has 9 heteroatoms. The van der Waals surface area contributed by atoms with Gasteiger partial charge in [0.25, 0.3) is 11.8 Å². The van der Waals surface area contributed by atoms with Crippen molar-refractivity contribution in [1.82, 2.24) is 19.6 Å². The fourth-order valence-corrected chi connectivity index (χ4v) is 1.99. The minimum Gasteiger partial charge on any atom is -0.364 e. The van der Waals surface area contributed by atoms with Crippen molar-refractivity contribution >= 4 is 29.1 Å². The Balaban J connectivity index is 2.28. The van der Waals surface area contributed by atoms with Crippen LogP contribution in [0.1, 0.15) is 34.8 Å². The van der Waals surface area contributed by atoms with Crippen LogP contribution < -0.4 is 11.1 Å². The molecular weight excluding hydrogens is 296 g/mol. The van der Waals surface area contributed by atoms with Gasteiger partial charge in [-0.3, -0.25) is 19.0 Å². The Bertz CT molecular complexity index is 690. The zero-order valence-electron chi connectivity index (χ0n) is 11.6. The molecule has 0 aromatic carbocycles. The van der Waals surface area contributed by atoms with Gasteiger partial charge in [-0.2, -0.15) is 10.2 Å². The Labute approximate surface area is 125 Å². The van der Waals surface area contributed by atoms with E-state index in [1.165, 1.54) is 10.9 Å². The molecule has 0 unspecified atom stereocenters. The van der Waals surface area contributed by atoms with Gasteiger partial charge < -0.3 is 11.1 Å². The molecule has 2 aromatic heterocycles. The highest BCUT2D eigenvalue weighted by atomic mass is 35.5. The van der Waals surface area contributed by atoms with Crippen molar-refractivity contribution in [2.75, 3.05) is 5.32 Å². The summed E-state index contributed by atoms with van der Waals surface area (Å²) >= 11 is 5.96. The second-order valence-electron chi connectivity index (χ2n) is 4.25. The van der Waals surface area contributed by atoms with Crippen LogP contribution in [0.2, 0.25) is 5.02 Å². The van der Waals surface area contributed by atoms with Crippen LogP contribution >= 0.6 is 11.6 Å². The van der Waals surface area contributed by atoms with E-state index in [0.29, 0.717) is 13.1 Å². The van der Waals surface area contributed by atoms with Gasteiger partial charge in [0.05, 0.1) is 10.7 Å². The van der Waals surface area contributed by atoms with Gasteiger partial charge in [0.2, 0.25) is 0 Å². The molecule has 0 radical (unpaired) electrons. The molecule has 0 saturated carbocycles. The number of hydrogen-bond acceptors (Lipinski definition) is 4. The summed E-state index contributed by atoms with van der Waals surface area (Å²) in [6.45, 7) is 4.86. The topological polar surface area (TPSA) is 108 Å². The third-order valence-electron chi connectivity index (χ3n) is 2.82. The highest BCUT2D eigenvalue weighted by molar-refractivity contribution is 6.34. The lowest BCUT2D eigenvalue weighted by Gasteiger charge is -2.01. The van der Waals surface area contributed by atoms with Crippen molar-refractivity contribution in [2.24, 2.45) is 5.73 Å². The summed E-state index contributed by atoms with van der Waals surface area (Å²) in [5.41, 5.74) is 5.55. The second-order valence-corrected chi connectivity index (χ2v) is 4.65. The van der Waals surface area contributed by atoms with Crippen molar-refractivity contribution in [1.29, 1.82) is 0 Å². The lowest BCUT2D eigenvalue weighted by atomic mass is 10.3. The number of aryl methyl sites for hydroxylation is 2. The van der Waals surface area contributed by atoms with Crippen molar-refractivity contribution < 1.29 is 9.59 Å². The van der Waals surface area contributed by atoms with Gasteiger partial charge in [-0.15, -0.1) is 0 Å². The largest absolute Gasteiger partial charge is 0.364 e. The van der Waals surface area contributed by atoms with E-state index < -0.39 is 11.8 Å². The molecular formula is C12H15ClN6O2. The molecule has 0 spiro atoms. The zero-order valence-corrected chi connectivity index (χ0v) is 12.4. The van der Waals surface area contributed by atoms with Crippen LogP contribution in [0.15, 0.2) is 12.4 Å². The van der Waals surface area contributed by atoms with Gasteiger partial charge in [-0.1, -0.05) is 11.6 Å². The fourth-order valence-electron chi connectivity index (χ4n) is 1.75. The Morgan fingerprint density at radius 1 is 1.19 bits per heavy atom. The van der Waals surface area contributed by atoms with Crippen LogP contribution in [0.3, 0.4) is 0 Å². The van der Waals surface area contributed by atoms with E-state index in [9.17, 15) is 9.59 Å². The fraction of sp³-hybridized carbons (Fsp3) is 0.333. The minimum atomic E-state index is -0.720. The van der Waals surface area contributed by atoms with E-state index in [0.717, 1.165) is 0 Å². The van der Waals surface area contributed by atoms with Crippen molar-refractivity contribution in [3.8, 4) is 0 Å². The predicted octanol–water partition coefficient (Wildman–Crippen LogP) is 1.12. The number of aromatic nitrogens is 4. The molecule has 0 atom stereocenters. The first kappa shape index (κ1) is 15.0. The summed E-state index contributed by atoms with van der Waals surface area (Å²) in [4.78, 5) is 23.5. The number of anilines is 1. The van der Waals surface area contributed by atoms with E-state index in [1.54, 1.807) is 10.9 Å². The number of rotatable bonds is 5. The SMILES string of the molecule is CCn1cc(Cl)c(C(=O)Nc2cn(CC)nc2C(N)=O)n1. The number of hydrogen-bond donors (Lipinski definition) is 2. The van der Waals surface area contributed by atoms with E-state index in [4.69, 9.17) is 17.3 Å². The molecule has 112 valence electrons. The third-order valence-corrected chi connectivity index (χ3v) is 3.10. The van der Waals surface area contributed by atoms with Gasteiger partial charge >= 0.3 is 0 Å². The maximum atomic E-state index is 12.2. The summed E-state index contributed by atoms with van der Waals surface area (Å²) in [6.07, 6.45) is 3.09. The quantitative estimate of drug-likeness (QED) is 0.862. The van der Waals surface area contributed by atoms with Gasteiger partial charge in [0, 0.05) is 25.5 Å². The number of amides is 2. The van der Waals surface area contributed by atoms with Gasteiger partial charge in [0.1, 0.15) is 0 Å². The van der Waals surface area contributed by atoms with E-state index in [2.05, 4.69) is 15.5 Å². The summed E-state index contributed by atoms with van der Waals surface area (Å²) in [5.74, 6) is -1.24. The first-order valence-electron chi connectivity index (χ1n) is 6.37. The summed E-state index contributed by atoms with van der Waals surface area (Å²) in [7, 11) is 0. The molecule has 0 aliphatic carbocycles. The Morgan fingerprint density at radius 3 is 2.29 bits per heavy atom. The number of nitrogens with one attached hydrogen (secondary N) is 1. The van der Waals surface area contributed by atoms with E-state index >= 15 is 0 Å². The monoisotopic (exact) mass is 310 g/mol. The Kier molecular flexibility index (Phi) is 4.27. The standard InChI is InChI=1S/C12H15ClN6O2/c1-3-18-5-7(13)9(16-18)12(21)15-8-6-19(4-2)17-10(8)11(14)20/h5-6H,3-4H2,1-2H3,(H2,14,20)(H,15,21). The lowest BCUT2D eigenvalue weighted by molar-refractivity contribution is 0.0995. The molecule has 0 saturated heterocycles. The minimum absolute atomic E-state index is 0.00348. The normalized spacial score (nSPS) is 10.6. The third kappa shape index (κ3) is 3.05. The molecule has 8 nitrogen and oxygen atoms in total. The highest BCUT2D eigenvalue weighted by Gasteiger charge is 2.20. The molecule has 2 amide bonds. The number of halogens is 1. The van der Waals surface area contributed by atoms with Crippen LogP contribution in [0.5, 0.6) is 0 Å². The smallest absolute Gasteiger partial charge is 0.277 e. The van der Waals surface area contributed by atoms with E-state index in [-0.39, 0.29) is 22.1 Å². The van der Waals surface area contributed by atoms with Gasteiger partial charge in [-0.25, -0.2) is 0 Å². The van der Waals surface area contributed by atoms with Crippen molar-refractivity contribution in [3.05, 3.63) is 28.8 Å². The summed E-state index contributed by atoms with van der Waals surface area (Å²) in [5, 5.41) is 10.8. The Morgan fingerprint density at radius 2 is 1.76 bits per heavy atom. The summed E-state index contributed by atoms with van der Waals surface area (Å²) < 4.78 is 3.05. The number of carbonyl (C=O) groups excluding carboxylic acids is 2. The molecule has 0 aliphatic heterocycles. The number of carbonyl (C=O) groups is 2. The van der Waals surface area contributed by atoms with Crippen molar-refractivity contribution in [3.63, 3.8) is 0 Å². The van der Waals surface area contributed by atoms with Gasteiger partial charge in [-0.05, 0) is 13.8 Å². The molecule has 0 aliphatic rings. The van der Waals surface area contributed by atoms with Crippen LogP contribution in [0, 0.1) is 0 Å². The van der Waals surface area contributed by atoms with Gasteiger partial charge in [0.15, 0.2) is 11.4 Å². The number of nitrogens with zero attached hydrogens (tertiary/aromatic N) is 4. The molecule has 21 heavy (non-hydrogen) atoms. The lowest BCUT2D eigenvalue weighted by Crippen LogP contribution is -2.18.